The molecule has 1 heterocycles. The van der Waals surface area contributed by atoms with Crippen LogP contribution in [0, 0.1) is 0 Å². The number of nitrogens with one attached hydrogen (secondary N) is 1. The molecule has 0 amide bonds. The highest BCUT2D eigenvalue weighted by Crippen LogP contribution is 2.30. The van der Waals surface area contributed by atoms with Gasteiger partial charge < -0.3 is 10.4 Å². The number of aromatic carboxylic acids is 1. The van der Waals surface area contributed by atoms with E-state index in [-0.39, 0.29) is 6.04 Å². The van der Waals surface area contributed by atoms with Crippen LogP contribution in [0.25, 0.3) is 0 Å². The van der Waals surface area contributed by atoms with E-state index in [1.807, 2.05) is 44.2 Å². The predicted molar refractivity (Wildman–Crippen MR) is 86.1 cm³/mol. The van der Waals surface area contributed by atoms with Gasteiger partial charge in [-0.3, -0.25) is 4.98 Å². The van der Waals surface area contributed by atoms with Crippen LogP contribution in [-0.4, -0.2) is 21.8 Å². The van der Waals surface area contributed by atoms with Crippen LogP contribution in [0.3, 0.4) is 0 Å². The molecule has 2 rings (SSSR count). The van der Waals surface area contributed by atoms with Crippen molar-refractivity contribution < 1.29 is 9.90 Å². The molecule has 1 aromatic carbocycles. The van der Waals surface area contributed by atoms with Gasteiger partial charge in [0, 0.05) is 11.1 Å². The minimum atomic E-state index is -0.915. The summed E-state index contributed by atoms with van der Waals surface area (Å²) in [7, 11) is 0. The number of nitrogens with zero attached hydrogens (tertiary/aromatic N) is 1. The number of rotatable bonds is 6. The number of hydrogen-bond acceptors (Lipinski definition) is 4. The number of carbonyl (C=O) groups is 1. The first-order valence-corrected chi connectivity index (χ1v) is 7.78. The van der Waals surface area contributed by atoms with Crippen LogP contribution in [-0.2, 0) is 0 Å². The molecule has 0 fully saturated rings. The molecule has 1 unspecified atom stereocenters. The van der Waals surface area contributed by atoms with Gasteiger partial charge in [-0.05, 0) is 36.9 Å². The molecule has 2 N–H and O–H groups in total. The molecule has 21 heavy (non-hydrogen) atoms. The fraction of sp³-hybridized carbons (Fsp3) is 0.250. The van der Waals surface area contributed by atoms with E-state index in [0.29, 0.717) is 11.3 Å². The summed E-state index contributed by atoms with van der Waals surface area (Å²) in [5, 5.41) is 12.7. The van der Waals surface area contributed by atoms with Crippen molar-refractivity contribution in [2.75, 3.05) is 11.1 Å². The van der Waals surface area contributed by atoms with E-state index < -0.39 is 5.97 Å². The van der Waals surface area contributed by atoms with Gasteiger partial charge in [0.25, 0.3) is 0 Å². The molecular formula is C16H18N2O2S. The van der Waals surface area contributed by atoms with E-state index in [1.165, 1.54) is 11.8 Å². The Bertz CT molecular complexity index is 617. The quantitative estimate of drug-likeness (QED) is 0.788. The smallest absolute Gasteiger partial charge is 0.338 e. The van der Waals surface area contributed by atoms with E-state index in [0.717, 1.165) is 16.3 Å². The number of anilines is 1. The van der Waals surface area contributed by atoms with Gasteiger partial charge in [-0.1, -0.05) is 19.1 Å². The van der Waals surface area contributed by atoms with Crippen molar-refractivity contribution in [3.8, 4) is 0 Å². The highest BCUT2D eigenvalue weighted by Gasteiger charge is 2.17. The van der Waals surface area contributed by atoms with Gasteiger partial charge in [0.1, 0.15) is 0 Å². The minimum absolute atomic E-state index is 0.0637. The van der Waals surface area contributed by atoms with E-state index in [9.17, 15) is 9.90 Å². The van der Waals surface area contributed by atoms with Crippen LogP contribution < -0.4 is 5.32 Å². The molecule has 0 saturated heterocycles. The van der Waals surface area contributed by atoms with Crippen LogP contribution in [0.1, 0.15) is 35.9 Å². The lowest BCUT2D eigenvalue weighted by atomic mass is 10.1. The fourth-order valence-corrected chi connectivity index (χ4v) is 2.91. The van der Waals surface area contributed by atoms with Gasteiger partial charge in [-0.15, -0.1) is 11.8 Å². The number of hydrogen-bond donors (Lipinski definition) is 2. The van der Waals surface area contributed by atoms with Crippen LogP contribution >= 0.6 is 11.8 Å². The number of benzene rings is 1. The lowest BCUT2D eigenvalue weighted by molar-refractivity contribution is 0.0694. The van der Waals surface area contributed by atoms with E-state index in [4.69, 9.17) is 0 Å². The largest absolute Gasteiger partial charge is 0.478 e. The van der Waals surface area contributed by atoms with E-state index >= 15 is 0 Å². The van der Waals surface area contributed by atoms with Crippen molar-refractivity contribution in [3.63, 3.8) is 0 Å². The molecule has 4 nitrogen and oxygen atoms in total. The van der Waals surface area contributed by atoms with Gasteiger partial charge in [0.05, 0.1) is 23.0 Å². The number of pyridine rings is 1. The second-order valence-corrected chi connectivity index (χ2v) is 5.84. The predicted octanol–water partition coefficient (Wildman–Crippen LogP) is 4.06. The maximum atomic E-state index is 11.6. The SMILES string of the molecule is CCSc1cccc(NC(C)c2ccccn2)c1C(=O)O. The molecular weight excluding hydrogens is 284 g/mol. The Labute approximate surface area is 128 Å². The van der Waals surface area contributed by atoms with Gasteiger partial charge >= 0.3 is 5.97 Å². The lowest BCUT2D eigenvalue weighted by Crippen LogP contribution is -2.12. The highest BCUT2D eigenvalue weighted by atomic mass is 32.2. The molecule has 0 spiro atoms. The molecule has 0 aliphatic carbocycles. The Morgan fingerprint density at radius 1 is 1.33 bits per heavy atom. The number of thioether (sulfide) groups is 1. The first-order chi connectivity index (χ1) is 10.1. The molecule has 1 aromatic heterocycles. The summed E-state index contributed by atoms with van der Waals surface area (Å²) in [5.74, 6) is -0.0817. The standard InChI is InChI=1S/C16H18N2O2S/c1-3-21-14-9-6-8-13(15(14)16(19)20)18-11(2)12-7-4-5-10-17-12/h4-11,18H,3H2,1-2H3,(H,19,20). The molecule has 5 heteroatoms. The Morgan fingerprint density at radius 2 is 2.14 bits per heavy atom. The van der Waals surface area contributed by atoms with Gasteiger partial charge in [0.15, 0.2) is 0 Å². The zero-order valence-corrected chi connectivity index (χ0v) is 12.9. The van der Waals surface area contributed by atoms with Gasteiger partial charge in [0.2, 0.25) is 0 Å². The third kappa shape index (κ3) is 3.76. The number of carboxylic acids is 1. The normalized spacial score (nSPS) is 11.9. The molecule has 1 atom stereocenters. The number of aromatic nitrogens is 1. The summed E-state index contributed by atoms with van der Waals surface area (Å²) < 4.78 is 0. The third-order valence-electron chi connectivity index (χ3n) is 3.04. The summed E-state index contributed by atoms with van der Waals surface area (Å²) in [6, 6.07) is 11.1. The minimum Gasteiger partial charge on any atom is -0.478 e. The second-order valence-electron chi connectivity index (χ2n) is 4.54. The molecule has 0 saturated carbocycles. The maximum absolute atomic E-state index is 11.6. The Balaban J connectivity index is 2.31. The maximum Gasteiger partial charge on any atom is 0.338 e. The fourth-order valence-electron chi connectivity index (χ4n) is 2.09. The summed E-state index contributed by atoms with van der Waals surface area (Å²) >= 11 is 1.53. The molecule has 0 aliphatic rings. The highest BCUT2D eigenvalue weighted by molar-refractivity contribution is 7.99. The first-order valence-electron chi connectivity index (χ1n) is 6.80. The monoisotopic (exact) mass is 302 g/mol. The first kappa shape index (κ1) is 15.4. The zero-order valence-electron chi connectivity index (χ0n) is 12.0. The van der Waals surface area contributed by atoms with Crippen molar-refractivity contribution >= 4 is 23.4 Å². The number of carboxylic acid groups (broad SMARTS) is 1. The van der Waals surface area contributed by atoms with Gasteiger partial charge in [-0.25, -0.2) is 4.79 Å². The van der Waals surface area contributed by atoms with E-state index in [2.05, 4.69) is 10.3 Å². The van der Waals surface area contributed by atoms with Crippen molar-refractivity contribution in [3.05, 3.63) is 53.9 Å². The molecule has 0 radical (unpaired) electrons. The second kappa shape index (κ2) is 7.13. The van der Waals surface area contributed by atoms with E-state index in [1.54, 1.807) is 12.3 Å². The van der Waals surface area contributed by atoms with Crippen molar-refractivity contribution in [1.82, 2.24) is 4.98 Å². The van der Waals surface area contributed by atoms with Crippen LogP contribution in [0.2, 0.25) is 0 Å². The summed E-state index contributed by atoms with van der Waals surface area (Å²) in [5.41, 5.74) is 1.83. The summed E-state index contributed by atoms with van der Waals surface area (Å²) in [6.45, 7) is 3.97. The van der Waals surface area contributed by atoms with Crippen LogP contribution in [0.4, 0.5) is 5.69 Å². The Kier molecular flexibility index (Phi) is 5.22. The zero-order chi connectivity index (χ0) is 15.2. The lowest BCUT2D eigenvalue weighted by Gasteiger charge is -2.18. The Hall–Kier alpha value is -2.01. The topological polar surface area (TPSA) is 62.2 Å². The molecule has 2 aromatic rings. The van der Waals surface area contributed by atoms with Gasteiger partial charge in [-0.2, -0.15) is 0 Å². The summed E-state index contributed by atoms with van der Waals surface area (Å²) in [4.78, 5) is 16.6. The summed E-state index contributed by atoms with van der Waals surface area (Å²) in [6.07, 6.45) is 1.73. The third-order valence-corrected chi connectivity index (χ3v) is 3.98. The van der Waals surface area contributed by atoms with Crippen molar-refractivity contribution in [2.45, 2.75) is 24.8 Å². The van der Waals surface area contributed by atoms with Crippen molar-refractivity contribution in [1.29, 1.82) is 0 Å². The molecule has 110 valence electrons. The van der Waals surface area contributed by atoms with Crippen LogP contribution in [0.5, 0.6) is 0 Å². The average Bonchev–Trinajstić information content (AvgIpc) is 2.48. The molecule has 0 bridgehead atoms. The average molecular weight is 302 g/mol. The Morgan fingerprint density at radius 3 is 2.76 bits per heavy atom. The van der Waals surface area contributed by atoms with Crippen LogP contribution in [0.15, 0.2) is 47.5 Å². The molecule has 0 aliphatic heterocycles. The van der Waals surface area contributed by atoms with Crippen molar-refractivity contribution in [2.24, 2.45) is 0 Å².